The van der Waals surface area contributed by atoms with Gasteiger partial charge in [-0.2, -0.15) is 0 Å². The van der Waals surface area contributed by atoms with E-state index in [1.54, 1.807) is 24.3 Å². The quantitative estimate of drug-likeness (QED) is 0.864. The maximum absolute atomic E-state index is 12.4. The lowest BCUT2D eigenvalue weighted by molar-refractivity contribution is -0.139. The van der Waals surface area contributed by atoms with Crippen molar-refractivity contribution in [2.75, 3.05) is 5.32 Å². The summed E-state index contributed by atoms with van der Waals surface area (Å²) in [6.07, 6.45) is 3.95. The maximum Gasteiger partial charge on any atom is 0.255 e. The summed E-state index contributed by atoms with van der Waals surface area (Å²) in [7, 11) is 0. The van der Waals surface area contributed by atoms with Crippen LogP contribution in [0.4, 0.5) is 5.69 Å². The molecule has 2 aromatic carbocycles. The maximum atomic E-state index is 12.4. The van der Waals surface area contributed by atoms with Gasteiger partial charge < -0.3 is 5.32 Å². The predicted octanol–water partition coefficient (Wildman–Crippen LogP) is 3.08. The number of likely N-dealkylation sites (tertiary alicyclic amines) is 1. The van der Waals surface area contributed by atoms with Crippen LogP contribution in [0.3, 0.4) is 0 Å². The van der Waals surface area contributed by atoms with Crippen LogP contribution in [0.25, 0.3) is 0 Å². The van der Waals surface area contributed by atoms with Gasteiger partial charge in [0.05, 0.1) is 6.54 Å². The van der Waals surface area contributed by atoms with Gasteiger partial charge in [-0.25, -0.2) is 0 Å². The molecule has 0 aromatic heterocycles. The molecule has 4 rings (SSSR count). The number of nitrogens with one attached hydrogen (secondary N) is 1. The molecule has 26 heavy (non-hydrogen) atoms. The Kier molecular flexibility index (Phi) is 4.29. The van der Waals surface area contributed by atoms with Gasteiger partial charge >= 0.3 is 0 Å². The molecule has 1 heterocycles. The van der Waals surface area contributed by atoms with Gasteiger partial charge in [0, 0.05) is 24.1 Å². The lowest BCUT2D eigenvalue weighted by Gasteiger charge is -2.14. The molecular formula is C21H20N2O3. The van der Waals surface area contributed by atoms with E-state index in [1.807, 2.05) is 6.07 Å². The minimum Gasteiger partial charge on any atom is -0.322 e. The minimum absolute atomic E-state index is 0.131. The third-order valence-electron chi connectivity index (χ3n) is 5.07. The van der Waals surface area contributed by atoms with Crippen molar-refractivity contribution >= 4 is 23.4 Å². The van der Waals surface area contributed by atoms with Crippen molar-refractivity contribution in [1.82, 2.24) is 4.90 Å². The zero-order valence-corrected chi connectivity index (χ0v) is 14.5. The second kappa shape index (κ2) is 6.75. The highest BCUT2D eigenvalue weighted by Gasteiger charge is 2.28. The van der Waals surface area contributed by atoms with Gasteiger partial charge in [-0.15, -0.1) is 0 Å². The summed E-state index contributed by atoms with van der Waals surface area (Å²) in [4.78, 5) is 37.1. The van der Waals surface area contributed by atoms with E-state index in [2.05, 4.69) is 17.4 Å². The average Bonchev–Trinajstić information content (AvgIpc) is 3.23. The number of carbonyl (C=O) groups is 3. The lowest BCUT2D eigenvalue weighted by Crippen LogP contribution is -2.28. The van der Waals surface area contributed by atoms with Crippen LogP contribution in [-0.2, 0) is 29.0 Å². The largest absolute Gasteiger partial charge is 0.322 e. The molecule has 0 unspecified atom stereocenters. The third kappa shape index (κ3) is 3.25. The number of amides is 3. The summed E-state index contributed by atoms with van der Waals surface area (Å²) in [5, 5.41) is 2.94. The monoisotopic (exact) mass is 348 g/mol. The van der Waals surface area contributed by atoms with Crippen molar-refractivity contribution in [2.45, 2.75) is 38.6 Å². The molecule has 1 N–H and O–H groups in total. The number of carbonyl (C=O) groups excluding carboxylic acids is 3. The number of nitrogens with zero attached hydrogens (tertiary/aromatic N) is 1. The summed E-state index contributed by atoms with van der Waals surface area (Å²) < 4.78 is 0. The highest BCUT2D eigenvalue weighted by molar-refractivity contribution is 6.04. The summed E-state index contributed by atoms with van der Waals surface area (Å²) in [5.41, 5.74) is 4.89. The standard InChI is InChI=1S/C21H20N2O3/c24-19-10-11-20(25)23(19)13-14-4-6-16(7-5-14)21(26)22-18-9-8-15-2-1-3-17(15)12-18/h4-9,12H,1-3,10-11,13H2,(H,22,26). The third-order valence-corrected chi connectivity index (χ3v) is 5.07. The lowest BCUT2D eigenvalue weighted by atomic mass is 10.1. The molecule has 1 saturated heterocycles. The Balaban J connectivity index is 1.42. The van der Waals surface area contributed by atoms with Gasteiger partial charge in [-0.1, -0.05) is 18.2 Å². The SMILES string of the molecule is O=C(Nc1ccc2c(c1)CCC2)c1ccc(CN2C(=O)CCC2=O)cc1. The smallest absolute Gasteiger partial charge is 0.255 e. The van der Waals surface area contributed by atoms with Crippen LogP contribution in [0.1, 0.15) is 46.3 Å². The summed E-state index contributed by atoms with van der Waals surface area (Å²) >= 11 is 0. The summed E-state index contributed by atoms with van der Waals surface area (Å²) in [5.74, 6) is -0.426. The van der Waals surface area contributed by atoms with Crippen molar-refractivity contribution in [3.63, 3.8) is 0 Å². The van der Waals surface area contributed by atoms with Gasteiger partial charge in [-0.3, -0.25) is 19.3 Å². The molecule has 0 spiro atoms. The first-order chi connectivity index (χ1) is 12.6. The summed E-state index contributed by atoms with van der Waals surface area (Å²) in [6, 6.07) is 13.1. The fraction of sp³-hybridized carbons (Fsp3) is 0.286. The molecule has 5 heteroatoms. The summed E-state index contributed by atoms with van der Waals surface area (Å²) in [6.45, 7) is 0.268. The van der Waals surface area contributed by atoms with Crippen LogP contribution in [0.15, 0.2) is 42.5 Å². The predicted molar refractivity (Wildman–Crippen MR) is 97.7 cm³/mol. The fourth-order valence-electron chi connectivity index (χ4n) is 3.60. The molecule has 1 fully saturated rings. The van der Waals surface area contributed by atoms with Gasteiger partial charge in [-0.05, 0) is 60.2 Å². The zero-order chi connectivity index (χ0) is 18.1. The van der Waals surface area contributed by atoms with Crippen LogP contribution in [0, 0.1) is 0 Å². The van der Waals surface area contributed by atoms with Gasteiger partial charge in [0.25, 0.3) is 5.91 Å². The van der Waals surface area contributed by atoms with E-state index in [4.69, 9.17) is 0 Å². The normalized spacial score (nSPS) is 16.1. The molecule has 1 aliphatic heterocycles. The topological polar surface area (TPSA) is 66.5 Å². The van der Waals surface area contributed by atoms with Crippen LogP contribution < -0.4 is 5.32 Å². The molecule has 2 aromatic rings. The molecule has 0 radical (unpaired) electrons. The van der Waals surface area contributed by atoms with Crippen molar-refractivity contribution in [3.05, 3.63) is 64.7 Å². The fourth-order valence-corrected chi connectivity index (χ4v) is 3.60. The number of imide groups is 1. The molecule has 0 atom stereocenters. The van der Waals surface area contributed by atoms with E-state index in [-0.39, 0.29) is 24.3 Å². The van der Waals surface area contributed by atoms with Crippen LogP contribution >= 0.6 is 0 Å². The number of aryl methyl sites for hydroxylation is 2. The Morgan fingerprint density at radius 2 is 1.58 bits per heavy atom. The number of hydrogen-bond acceptors (Lipinski definition) is 3. The number of rotatable bonds is 4. The van der Waals surface area contributed by atoms with Crippen molar-refractivity contribution in [2.24, 2.45) is 0 Å². The molecule has 1 aliphatic carbocycles. The number of hydrogen-bond donors (Lipinski definition) is 1. The van der Waals surface area contributed by atoms with E-state index < -0.39 is 0 Å². The Morgan fingerprint density at radius 3 is 2.31 bits per heavy atom. The Morgan fingerprint density at radius 1 is 0.885 bits per heavy atom. The molecule has 0 bridgehead atoms. The second-order valence-electron chi connectivity index (χ2n) is 6.86. The average molecular weight is 348 g/mol. The zero-order valence-electron chi connectivity index (χ0n) is 14.5. The van der Waals surface area contributed by atoms with Crippen LogP contribution in [-0.4, -0.2) is 22.6 Å². The Hall–Kier alpha value is -2.95. The number of fused-ring (bicyclic) bond motifs is 1. The van der Waals surface area contributed by atoms with E-state index in [0.29, 0.717) is 18.4 Å². The van der Waals surface area contributed by atoms with Crippen molar-refractivity contribution in [1.29, 1.82) is 0 Å². The number of benzene rings is 2. The van der Waals surface area contributed by atoms with Crippen LogP contribution in [0.5, 0.6) is 0 Å². The molecule has 132 valence electrons. The molecule has 3 amide bonds. The Bertz CT molecular complexity index is 871. The van der Waals surface area contributed by atoms with Crippen LogP contribution in [0.2, 0.25) is 0 Å². The van der Waals surface area contributed by atoms with Gasteiger partial charge in [0.1, 0.15) is 0 Å². The van der Waals surface area contributed by atoms with E-state index in [9.17, 15) is 14.4 Å². The van der Waals surface area contributed by atoms with E-state index in [1.165, 1.54) is 22.4 Å². The molecule has 2 aliphatic rings. The molecular weight excluding hydrogens is 328 g/mol. The van der Waals surface area contributed by atoms with E-state index in [0.717, 1.165) is 24.1 Å². The minimum atomic E-state index is -0.164. The first-order valence-corrected chi connectivity index (χ1v) is 8.95. The van der Waals surface area contributed by atoms with E-state index >= 15 is 0 Å². The molecule has 0 saturated carbocycles. The first-order valence-electron chi connectivity index (χ1n) is 8.95. The second-order valence-corrected chi connectivity index (χ2v) is 6.86. The number of anilines is 1. The van der Waals surface area contributed by atoms with Gasteiger partial charge in [0.15, 0.2) is 0 Å². The highest BCUT2D eigenvalue weighted by Crippen LogP contribution is 2.25. The van der Waals surface area contributed by atoms with Crippen molar-refractivity contribution < 1.29 is 14.4 Å². The van der Waals surface area contributed by atoms with Gasteiger partial charge in [0.2, 0.25) is 11.8 Å². The van der Waals surface area contributed by atoms with Crippen molar-refractivity contribution in [3.8, 4) is 0 Å². The Labute approximate surface area is 152 Å². The highest BCUT2D eigenvalue weighted by atomic mass is 16.2. The first kappa shape index (κ1) is 16.5. The molecule has 5 nitrogen and oxygen atoms in total.